The minimum atomic E-state index is -1.36. The fourth-order valence-electron chi connectivity index (χ4n) is 4.82. The molecular weight excluding hydrogens is 615 g/mol. The van der Waals surface area contributed by atoms with Crippen molar-refractivity contribution in [2.24, 2.45) is 0 Å². The largest absolute Gasteiger partial charge is 0.452 e. The summed E-state index contributed by atoms with van der Waals surface area (Å²) in [6.45, 7) is -0.581. The molecule has 0 saturated carbocycles. The average molecular weight is 642 g/mol. The zero-order chi connectivity index (χ0) is 31.2. The van der Waals surface area contributed by atoms with Gasteiger partial charge in [0.1, 0.15) is 6.10 Å². The van der Waals surface area contributed by atoms with Crippen LogP contribution in [0.15, 0.2) is 120 Å². The Hall–Kier alpha value is -4.55. The smallest absolute Gasteiger partial charge is 0.338 e. The molecule has 0 bridgehead atoms. The molecule has 11 heteroatoms. The van der Waals surface area contributed by atoms with E-state index in [9.17, 15) is 19.5 Å². The predicted octanol–water partition coefficient (Wildman–Crippen LogP) is 5.78. The number of aliphatic hydroxyl groups excluding tert-OH is 1. The lowest BCUT2D eigenvalue weighted by atomic mass is 9.98. The highest BCUT2D eigenvalue weighted by molar-refractivity contribution is 8.01. The van der Waals surface area contributed by atoms with Crippen LogP contribution in [0.2, 0.25) is 0 Å². The van der Waals surface area contributed by atoms with Gasteiger partial charge in [-0.3, -0.25) is 0 Å². The molecule has 5 aromatic rings. The van der Waals surface area contributed by atoms with Crippen LogP contribution in [0.25, 0.3) is 10.2 Å². The fourth-order valence-corrected chi connectivity index (χ4v) is 7.16. The Bertz CT molecular complexity index is 1730. The zero-order valence-corrected chi connectivity index (χ0v) is 25.3. The van der Waals surface area contributed by atoms with Gasteiger partial charge in [-0.2, -0.15) is 0 Å². The first-order chi connectivity index (χ1) is 22.0. The van der Waals surface area contributed by atoms with Crippen molar-refractivity contribution in [2.45, 2.75) is 34.2 Å². The normalized spacial score (nSPS) is 21.1. The second-order valence-corrected chi connectivity index (χ2v) is 12.4. The van der Waals surface area contributed by atoms with E-state index in [1.165, 1.54) is 11.3 Å². The number of ether oxygens (including phenoxy) is 4. The monoisotopic (exact) mass is 641 g/mol. The van der Waals surface area contributed by atoms with Crippen LogP contribution in [0.1, 0.15) is 31.1 Å². The van der Waals surface area contributed by atoms with Crippen LogP contribution >= 0.6 is 23.1 Å². The van der Waals surface area contributed by atoms with Crippen LogP contribution in [-0.4, -0.2) is 64.5 Å². The molecule has 9 nitrogen and oxygen atoms in total. The summed E-state index contributed by atoms with van der Waals surface area (Å²) in [6, 6.07) is 32.5. The molecular formula is C34H27NO8S2. The van der Waals surface area contributed by atoms with E-state index >= 15 is 0 Å². The van der Waals surface area contributed by atoms with Gasteiger partial charge in [0, 0.05) is 0 Å². The number of para-hydroxylation sites is 1. The number of rotatable bonds is 9. The van der Waals surface area contributed by atoms with Crippen LogP contribution in [0, 0.1) is 0 Å². The minimum absolute atomic E-state index is 0.237. The van der Waals surface area contributed by atoms with Gasteiger partial charge in [-0.05, 0) is 48.5 Å². The SMILES string of the molecule is O=C(O[C@@H]1[C@@H](OC(=O)c2ccccc2)[C@H](Sc2nc3ccccc3s2)O[C@H](CO)[C@H]1OC(=O)c1ccccc1)c1ccccc1. The number of hydrogen-bond donors (Lipinski definition) is 1. The Kier molecular flexibility index (Phi) is 9.51. The molecule has 0 unspecified atom stereocenters. The third kappa shape index (κ3) is 7.07. The third-order valence-corrected chi connectivity index (χ3v) is 9.29. The first-order valence-electron chi connectivity index (χ1n) is 14.1. The van der Waals surface area contributed by atoms with Crippen LogP contribution in [0.4, 0.5) is 0 Å². The van der Waals surface area contributed by atoms with Crippen molar-refractivity contribution < 1.29 is 38.4 Å². The molecule has 4 aromatic carbocycles. The molecule has 0 radical (unpaired) electrons. The standard InChI is InChI=1S/C34H27NO8S2/c36-20-25-27(41-30(37)21-12-4-1-5-13-21)28(42-31(38)22-14-6-2-7-15-22)29(43-32(39)23-16-8-3-9-17-23)33(40-25)45-34-35-24-18-10-11-19-26(24)44-34/h1-19,25,27-29,33,36H,20H2/t25-,27-,28+,29-,33+/m1/s1. The average Bonchev–Trinajstić information content (AvgIpc) is 3.50. The molecule has 1 aliphatic rings. The number of fused-ring (bicyclic) bond motifs is 1. The molecule has 6 rings (SSSR count). The Balaban J connectivity index is 1.39. The molecule has 1 fully saturated rings. The number of aliphatic hydroxyl groups is 1. The third-order valence-electron chi connectivity index (χ3n) is 7.02. The number of aromatic nitrogens is 1. The second kappa shape index (κ2) is 14.0. The van der Waals surface area contributed by atoms with Gasteiger partial charge < -0.3 is 24.1 Å². The van der Waals surface area contributed by atoms with Crippen LogP contribution in [-0.2, 0) is 18.9 Å². The van der Waals surface area contributed by atoms with Crippen LogP contribution in [0.5, 0.6) is 0 Å². The van der Waals surface area contributed by atoms with Crippen molar-refractivity contribution in [1.82, 2.24) is 4.98 Å². The fraction of sp³-hybridized carbons (Fsp3) is 0.176. The summed E-state index contributed by atoms with van der Waals surface area (Å²) in [5, 5.41) is 10.5. The lowest BCUT2D eigenvalue weighted by Crippen LogP contribution is -2.61. The molecule has 0 spiro atoms. The van der Waals surface area contributed by atoms with E-state index in [4.69, 9.17) is 18.9 Å². The van der Waals surface area contributed by atoms with E-state index in [1.54, 1.807) is 91.0 Å². The van der Waals surface area contributed by atoms with E-state index in [0.29, 0.717) is 4.34 Å². The number of thioether (sulfide) groups is 1. The molecule has 1 saturated heterocycles. The summed E-state index contributed by atoms with van der Waals surface area (Å²) in [5.74, 6) is -2.16. The maximum absolute atomic E-state index is 13.5. The maximum atomic E-state index is 13.5. The number of benzene rings is 4. The Labute approximate surface area is 266 Å². The van der Waals surface area contributed by atoms with Crippen molar-refractivity contribution in [2.75, 3.05) is 6.61 Å². The first kappa shape index (κ1) is 30.5. The highest BCUT2D eigenvalue weighted by Crippen LogP contribution is 2.40. The van der Waals surface area contributed by atoms with Crippen LogP contribution in [0.3, 0.4) is 0 Å². The van der Waals surface area contributed by atoms with Crippen molar-refractivity contribution in [3.05, 3.63) is 132 Å². The Morgan fingerprint density at radius 2 is 1.13 bits per heavy atom. The maximum Gasteiger partial charge on any atom is 0.338 e. The van der Waals surface area contributed by atoms with E-state index in [2.05, 4.69) is 4.98 Å². The summed E-state index contributed by atoms with van der Waals surface area (Å²) in [6.07, 6.45) is -5.12. The predicted molar refractivity (Wildman–Crippen MR) is 168 cm³/mol. The molecule has 0 amide bonds. The first-order valence-corrected chi connectivity index (χ1v) is 15.8. The van der Waals surface area contributed by atoms with Crippen molar-refractivity contribution in [1.29, 1.82) is 0 Å². The summed E-state index contributed by atoms with van der Waals surface area (Å²) in [5.41, 5.74) is 0.512. The van der Waals surface area contributed by atoms with Gasteiger partial charge in [-0.15, -0.1) is 11.3 Å². The van der Waals surface area contributed by atoms with E-state index in [1.807, 2.05) is 24.3 Å². The van der Waals surface area contributed by atoms with Crippen molar-refractivity contribution in [3.8, 4) is 0 Å². The molecule has 5 atom stereocenters. The second-order valence-electron chi connectivity index (χ2n) is 10.00. The highest BCUT2D eigenvalue weighted by atomic mass is 32.2. The molecule has 1 N–H and O–H groups in total. The molecule has 1 aromatic heterocycles. The van der Waals surface area contributed by atoms with Crippen LogP contribution < -0.4 is 0 Å². The number of carbonyl (C=O) groups excluding carboxylic acids is 3. The number of nitrogens with zero attached hydrogens (tertiary/aromatic N) is 1. The molecule has 228 valence electrons. The number of hydrogen-bond acceptors (Lipinski definition) is 11. The highest BCUT2D eigenvalue weighted by Gasteiger charge is 2.53. The van der Waals surface area contributed by atoms with Gasteiger partial charge in [0.15, 0.2) is 28.1 Å². The lowest BCUT2D eigenvalue weighted by Gasteiger charge is -2.44. The molecule has 0 aliphatic carbocycles. The number of carbonyl (C=O) groups is 3. The van der Waals surface area contributed by atoms with Crippen molar-refractivity contribution >= 4 is 51.2 Å². The molecule has 45 heavy (non-hydrogen) atoms. The van der Waals surface area contributed by atoms with Gasteiger partial charge in [0.2, 0.25) is 0 Å². The van der Waals surface area contributed by atoms with Gasteiger partial charge >= 0.3 is 17.9 Å². The van der Waals surface area contributed by atoms with E-state index in [-0.39, 0.29) is 16.7 Å². The van der Waals surface area contributed by atoms with Gasteiger partial charge in [-0.25, -0.2) is 19.4 Å². The lowest BCUT2D eigenvalue weighted by molar-refractivity contribution is -0.207. The summed E-state index contributed by atoms with van der Waals surface area (Å²) < 4.78 is 25.8. The molecule has 2 heterocycles. The zero-order valence-electron chi connectivity index (χ0n) is 23.6. The molecule has 1 aliphatic heterocycles. The Morgan fingerprint density at radius 3 is 1.64 bits per heavy atom. The quantitative estimate of drug-likeness (QED) is 0.157. The van der Waals surface area contributed by atoms with E-state index in [0.717, 1.165) is 22.0 Å². The van der Waals surface area contributed by atoms with Crippen molar-refractivity contribution in [3.63, 3.8) is 0 Å². The summed E-state index contributed by atoms with van der Waals surface area (Å²) in [4.78, 5) is 44.9. The van der Waals surface area contributed by atoms with Gasteiger partial charge in [-0.1, -0.05) is 78.5 Å². The van der Waals surface area contributed by atoms with Gasteiger partial charge in [0.05, 0.1) is 33.5 Å². The Morgan fingerprint density at radius 1 is 0.667 bits per heavy atom. The van der Waals surface area contributed by atoms with E-state index < -0.39 is 54.4 Å². The summed E-state index contributed by atoms with van der Waals surface area (Å²) in [7, 11) is 0. The minimum Gasteiger partial charge on any atom is -0.452 e. The number of esters is 3. The topological polar surface area (TPSA) is 121 Å². The summed E-state index contributed by atoms with van der Waals surface area (Å²) >= 11 is 2.58. The van der Waals surface area contributed by atoms with Gasteiger partial charge in [0.25, 0.3) is 0 Å². The number of thiazole rings is 1.